The van der Waals surface area contributed by atoms with Crippen LogP contribution in [-0.4, -0.2) is 68.1 Å². The summed E-state index contributed by atoms with van der Waals surface area (Å²) in [5.41, 5.74) is 1.30. The van der Waals surface area contributed by atoms with Crippen molar-refractivity contribution in [3.05, 3.63) is 60.2 Å². The fraction of sp³-hybridized carbons (Fsp3) is 0.711. The highest BCUT2D eigenvalue weighted by Crippen LogP contribution is 2.42. The van der Waals surface area contributed by atoms with Gasteiger partial charge in [-0.05, 0) is 101 Å². The summed E-state index contributed by atoms with van der Waals surface area (Å²) in [5, 5.41) is 9.04. The van der Waals surface area contributed by atoms with Crippen LogP contribution < -0.4 is 0 Å². The average Bonchev–Trinajstić information content (AvgIpc) is 3.40. The van der Waals surface area contributed by atoms with E-state index in [0.717, 1.165) is 110 Å². The second-order valence-corrected chi connectivity index (χ2v) is 13.3. The highest BCUT2D eigenvalue weighted by atomic mass is 16.7. The fourth-order valence-corrected chi connectivity index (χ4v) is 7.16. The molecule has 3 saturated heterocycles. The number of carboxylic acid groups (broad SMARTS) is 1. The van der Waals surface area contributed by atoms with Gasteiger partial charge in [0.15, 0.2) is 18.9 Å². The zero-order valence-electron chi connectivity index (χ0n) is 27.6. The molecule has 0 spiro atoms. The van der Waals surface area contributed by atoms with E-state index in [1.807, 2.05) is 0 Å². The SMILES string of the molecule is O=C(O)CCCC=CC[C@@H]1[C@@H](C=C[C@H](CCc2ccccc2)OC2CCCCO2)[C@H](OC2CCCCO2)C[C@@H]1OC1CCCCO1. The normalized spacial score (nSPS) is 31.4. The van der Waals surface area contributed by atoms with Crippen LogP contribution in [0, 0.1) is 11.8 Å². The van der Waals surface area contributed by atoms with Crippen molar-refractivity contribution < 1.29 is 38.3 Å². The highest BCUT2D eigenvalue weighted by Gasteiger charge is 2.45. The van der Waals surface area contributed by atoms with Crippen molar-refractivity contribution >= 4 is 5.97 Å². The summed E-state index contributed by atoms with van der Waals surface area (Å²) < 4.78 is 38.1. The van der Waals surface area contributed by atoms with Crippen molar-refractivity contribution in [1.29, 1.82) is 0 Å². The fourth-order valence-electron chi connectivity index (χ4n) is 7.16. The van der Waals surface area contributed by atoms with Crippen LogP contribution in [0.2, 0.25) is 0 Å². The Hall–Kier alpha value is -2.07. The quantitative estimate of drug-likeness (QED) is 0.137. The van der Waals surface area contributed by atoms with E-state index in [0.29, 0.717) is 6.42 Å². The molecular formula is C38H56O8. The minimum Gasteiger partial charge on any atom is -0.481 e. The molecule has 3 aliphatic heterocycles. The van der Waals surface area contributed by atoms with Crippen molar-refractivity contribution in [2.45, 2.75) is 140 Å². The lowest BCUT2D eigenvalue weighted by atomic mass is 9.89. The smallest absolute Gasteiger partial charge is 0.303 e. The minimum atomic E-state index is -0.747. The maximum absolute atomic E-state index is 11.0. The van der Waals surface area contributed by atoms with Gasteiger partial charge in [-0.15, -0.1) is 0 Å². The summed E-state index contributed by atoms with van der Waals surface area (Å²) in [6, 6.07) is 10.6. The second kappa shape index (κ2) is 19.7. The van der Waals surface area contributed by atoms with Crippen LogP contribution in [0.15, 0.2) is 54.6 Å². The zero-order chi connectivity index (χ0) is 31.8. The summed E-state index contributed by atoms with van der Waals surface area (Å²) in [6.45, 7) is 2.24. The van der Waals surface area contributed by atoms with Crippen molar-refractivity contribution in [2.75, 3.05) is 19.8 Å². The lowest BCUT2D eigenvalue weighted by Gasteiger charge is -2.30. The maximum atomic E-state index is 11.0. The molecule has 8 heteroatoms. The van der Waals surface area contributed by atoms with E-state index in [1.54, 1.807) is 0 Å². The first kappa shape index (κ1) is 35.2. The van der Waals surface area contributed by atoms with Gasteiger partial charge in [-0.25, -0.2) is 0 Å². The van der Waals surface area contributed by atoms with Gasteiger partial charge in [-0.2, -0.15) is 0 Å². The summed E-state index contributed by atoms with van der Waals surface area (Å²) in [6.07, 6.45) is 22.6. The third-order valence-electron chi connectivity index (χ3n) is 9.70. The number of rotatable bonds is 17. The summed E-state index contributed by atoms with van der Waals surface area (Å²) in [5.74, 6) is -0.451. The average molecular weight is 641 g/mol. The van der Waals surface area contributed by atoms with E-state index in [2.05, 4.69) is 54.6 Å². The number of hydrogen-bond acceptors (Lipinski definition) is 7. The van der Waals surface area contributed by atoms with E-state index in [4.69, 9.17) is 33.5 Å². The Morgan fingerprint density at radius 3 is 2.13 bits per heavy atom. The van der Waals surface area contributed by atoms with Gasteiger partial charge in [0.05, 0.1) is 18.3 Å². The molecule has 1 aliphatic carbocycles. The number of benzene rings is 1. The van der Waals surface area contributed by atoms with Gasteiger partial charge in [0.1, 0.15) is 0 Å². The molecule has 1 saturated carbocycles. The molecule has 1 aromatic carbocycles. The van der Waals surface area contributed by atoms with E-state index in [9.17, 15) is 4.79 Å². The summed E-state index contributed by atoms with van der Waals surface area (Å²) in [4.78, 5) is 11.0. The molecule has 3 heterocycles. The predicted octanol–water partition coefficient (Wildman–Crippen LogP) is 7.75. The van der Waals surface area contributed by atoms with Gasteiger partial charge < -0.3 is 33.5 Å². The van der Waals surface area contributed by atoms with Gasteiger partial charge >= 0.3 is 5.97 Å². The Labute approximate surface area is 275 Å². The molecule has 0 radical (unpaired) electrons. The Balaban J connectivity index is 1.34. The van der Waals surface area contributed by atoms with E-state index < -0.39 is 5.97 Å². The predicted molar refractivity (Wildman–Crippen MR) is 176 cm³/mol. The molecule has 3 unspecified atom stereocenters. The van der Waals surface area contributed by atoms with Gasteiger partial charge in [-0.3, -0.25) is 4.79 Å². The van der Waals surface area contributed by atoms with Crippen LogP contribution in [-0.2, 0) is 39.6 Å². The topological polar surface area (TPSA) is 92.7 Å². The van der Waals surface area contributed by atoms with Gasteiger partial charge in [0.2, 0.25) is 0 Å². The molecule has 0 aromatic heterocycles. The lowest BCUT2D eigenvalue weighted by molar-refractivity contribution is -0.203. The van der Waals surface area contributed by atoms with Gasteiger partial charge in [0, 0.05) is 38.6 Å². The first-order valence-electron chi connectivity index (χ1n) is 18.0. The maximum Gasteiger partial charge on any atom is 0.303 e. The second-order valence-electron chi connectivity index (χ2n) is 13.3. The highest BCUT2D eigenvalue weighted by molar-refractivity contribution is 5.66. The van der Waals surface area contributed by atoms with Gasteiger partial charge in [0.25, 0.3) is 0 Å². The Morgan fingerprint density at radius 2 is 1.50 bits per heavy atom. The molecule has 8 nitrogen and oxygen atoms in total. The van der Waals surface area contributed by atoms with E-state index >= 15 is 0 Å². The van der Waals surface area contributed by atoms with Crippen LogP contribution in [0.3, 0.4) is 0 Å². The zero-order valence-corrected chi connectivity index (χ0v) is 27.6. The van der Waals surface area contributed by atoms with Crippen LogP contribution in [0.5, 0.6) is 0 Å². The first-order chi connectivity index (χ1) is 22.6. The van der Waals surface area contributed by atoms with Crippen molar-refractivity contribution in [3.8, 4) is 0 Å². The summed E-state index contributed by atoms with van der Waals surface area (Å²) >= 11 is 0. The van der Waals surface area contributed by atoms with Crippen molar-refractivity contribution in [2.24, 2.45) is 11.8 Å². The molecule has 4 aliphatic rings. The molecule has 256 valence electrons. The lowest BCUT2D eigenvalue weighted by Crippen LogP contribution is -2.31. The molecule has 1 aromatic rings. The number of aryl methyl sites for hydroxylation is 1. The number of aliphatic carboxylic acids is 1. The molecular weight excluding hydrogens is 584 g/mol. The monoisotopic (exact) mass is 640 g/mol. The minimum absolute atomic E-state index is 0.0135. The van der Waals surface area contributed by atoms with Crippen LogP contribution >= 0.6 is 0 Å². The largest absolute Gasteiger partial charge is 0.481 e. The molecule has 0 amide bonds. The third-order valence-corrected chi connectivity index (χ3v) is 9.70. The van der Waals surface area contributed by atoms with Crippen LogP contribution in [0.1, 0.15) is 102 Å². The summed E-state index contributed by atoms with van der Waals surface area (Å²) in [7, 11) is 0. The number of carbonyl (C=O) groups is 1. The number of allylic oxidation sites excluding steroid dienone is 2. The number of unbranched alkanes of at least 4 members (excludes halogenated alkanes) is 1. The van der Waals surface area contributed by atoms with Crippen LogP contribution in [0.25, 0.3) is 0 Å². The first-order valence-corrected chi connectivity index (χ1v) is 18.0. The molecule has 8 atom stereocenters. The number of hydrogen-bond donors (Lipinski definition) is 1. The van der Waals surface area contributed by atoms with Crippen molar-refractivity contribution in [3.63, 3.8) is 0 Å². The molecule has 4 fully saturated rings. The molecule has 1 N–H and O–H groups in total. The van der Waals surface area contributed by atoms with E-state index in [1.165, 1.54) is 5.56 Å². The third kappa shape index (κ3) is 11.9. The Bertz CT molecular complexity index is 1040. The van der Waals surface area contributed by atoms with E-state index in [-0.39, 0.29) is 55.4 Å². The Kier molecular flexibility index (Phi) is 15.1. The molecule has 46 heavy (non-hydrogen) atoms. The standard InChI is InChI=1S/C38H56O8/c39-35(40)17-7-2-1-6-16-31-32(24-23-30(44-36-18-8-11-25-41-36)22-21-29-14-4-3-5-15-29)34(46-38-20-10-13-27-43-38)28-33(31)45-37-19-9-12-26-42-37/h1,3-6,14-15,23-24,30-34,36-38H,2,7-13,16-22,25-28H2,(H,39,40)/t30-,31+,32+,33-,34+,36?,37?,38?/m0/s1. The number of carboxylic acids is 1. The number of ether oxygens (including phenoxy) is 6. The van der Waals surface area contributed by atoms with Gasteiger partial charge in [-0.1, -0.05) is 54.6 Å². The molecule has 0 bridgehead atoms. The van der Waals surface area contributed by atoms with Crippen molar-refractivity contribution in [1.82, 2.24) is 0 Å². The molecule has 5 rings (SSSR count). The van der Waals surface area contributed by atoms with Crippen LogP contribution in [0.4, 0.5) is 0 Å². The Morgan fingerprint density at radius 1 is 0.848 bits per heavy atom.